The smallest absolute Gasteiger partial charge is 0.416 e. The number of carbonyl (C=O) groups is 2. The van der Waals surface area contributed by atoms with Gasteiger partial charge in [-0.15, -0.1) is 0 Å². The lowest BCUT2D eigenvalue weighted by atomic mass is 10.00. The van der Waals surface area contributed by atoms with Crippen molar-refractivity contribution in [2.75, 3.05) is 13.6 Å². The van der Waals surface area contributed by atoms with E-state index in [9.17, 15) is 22.8 Å². The summed E-state index contributed by atoms with van der Waals surface area (Å²) in [4.78, 5) is 25.3. The number of hydrogen-bond acceptors (Lipinski definition) is 3. The van der Waals surface area contributed by atoms with Crippen molar-refractivity contribution in [2.24, 2.45) is 0 Å². The molecule has 0 aromatic heterocycles. The maximum Gasteiger partial charge on any atom is 0.416 e. The predicted octanol–water partition coefficient (Wildman–Crippen LogP) is 4.53. The Morgan fingerprint density at radius 3 is 2.37 bits per heavy atom. The lowest BCUT2D eigenvalue weighted by molar-refractivity contribution is -0.137. The Kier molecular flexibility index (Phi) is 7.68. The number of nitrogens with one attached hydrogen (secondary N) is 1. The van der Waals surface area contributed by atoms with E-state index >= 15 is 0 Å². The Morgan fingerprint density at radius 2 is 1.85 bits per heavy atom. The summed E-state index contributed by atoms with van der Waals surface area (Å²) in [5.74, 6) is -0.473. The minimum absolute atomic E-state index is 0.256. The summed E-state index contributed by atoms with van der Waals surface area (Å²) in [7, 11) is 1.42. The lowest BCUT2D eigenvalue weighted by Gasteiger charge is -2.25. The van der Waals surface area contributed by atoms with Crippen LogP contribution in [0.4, 0.5) is 18.0 Å². The Bertz CT molecular complexity index is 654. The van der Waals surface area contributed by atoms with Crippen molar-refractivity contribution in [3.63, 3.8) is 0 Å². The van der Waals surface area contributed by atoms with Crippen LogP contribution in [-0.2, 0) is 15.7 Å². The molecule has 1 atom stereocenters. The highest BCUT2D eigenvalue weighted by Crippen LogP contribution is 2.31. The molecule has 8 heteroatoms. The molecule has 2 amide bonds. The number of benzene rings is 1. The topological polar surface area (TPSA) is 58.6 Å². The fourth-order valence-corrected chi connectivity index (χ4v) is 2.40. The van der Waals surface area contributed by atoms with E-state index in [0.717, 1.165) is 17.0 Å². The largest absolute Gasteiger partial charge is 0.444 e. The quantitative estimate of drug-likeness (QED) is 0.779. The van der Waals surface area contributed by atoms with Gasteiger partial charge in [-0.3, -0.25) is 4.79 Å². The van der Waals surface area contributed by atoms with E-state index < -0.39 is 35.4 Å². The zero-order chi connectivity index (χ0) is 20.8. The molecule has 0 aliphatic rings. The summed E-state index contributed by atoms with van der Waals surface area (Å²) < 4.78 is 44.0. The van der Waals surface area contributed by atoms with E-state index in [-0.39, 0.29) is 6.54 Å². The zero-order valence-corrected chi connectivity index (χ0v) is 16.3. The van der Waals surface area contributed by atoms with Gasteiger partial charge in [0.15, 0.2) is 0 Å². The summed E-state index contributed by atoms with van der Waals surface area (Å²) >= 11 is 0. The molecule has 1 N–H and O–H groups in total. The van der Waals surface area contributed by atoms with Crippen molar-refractivity contribution in [3.8, 4) is 0 Å². The van der Waals surface area contributed by atoms with E-state index in [2.05, 4.69) is 5.32 Å². The number of hydrogen-bond donors (Lipinski definition) is 1. The minimum Gasteiger partial charge on any atom is -0.444 e. The normalized spacial score (nSPS) is 13.0. The number of likely N-dealkylation sites (N-methyl/N-ethyl adjacent to an activating group) is 1. The van der Waals surface area contributed by atoms with Crippen LogP contribution in [0.5, 0.6) is 0 Å². The number of amides is 2. The van der Waals surface area contributed by atoms with Crippen LogP contribution in [0.2, 0.25) is 0 Å². The van der Waals surface area contributed by atoms with E-state index in [4.69, 9.17) is 4.74 Å². The fraction of sp³-hybridized carbons (Fsp3) is 0.579. The summed E-state index contributed by atoms with van der Waals surface area (Å²) in [6.07, 6.45) is -3.95. The molecule has 0 saturated carbocycles. The first kappa shape index (κ1) is 22.8. The van der Waals surface area contributed by atoms with Crippen molar-refractivity contribution in [1.29, 1.82) is 0 Å². The van der Waals surface area contributed by atoms with Gasteiger partial charge in [0.25, 0.3) is 0 Å². The van der Waals surface area contributed by atoms with Crippen molar-refractivity contribution >= 4 is 12.0 Å². The van der Waals surface area contributed by atoms with Gasteiger partial charge in [-0.2, -0.15) is 13.2 Å². The molecule has 0 radical (unpaired) electrons. The molecule has 0 bridgehead atoms. The van der Waals surface area contributed by atoms with Crippen LogP contribution in [0.15, 0.2) is 24.3 Å². The Labute approximate surface area is 157 Å². The van der Waals surface area contributed by atoms with Crippen molar-refractivity contribution in [3.05, 3.63) is 35.4 Å². The average molecular weight is 388 g/mol. The summed E-state index contributed by atoms with van der Waals surface area (Å²) in [5.41, 5.74) is -1.08. The second-order valence-electron chi connectivity index (χ2n) is 7.37. The average Bonchev–Trinajstić information content (AvgIpc) is 2.52. The van der Waals surface area contributed by atoms with Gasteiger partial charge < -0.3 is 15.0 Å². The third-order valence-electron chi connectivity index (χ3n) is 3.61. The SMILES string of the molecule is CCCC(NC(=O)CN(C)C(=O)OC(C)(C)C)c1cccc(C(F)(F)F)c1. The van der Waals surface area contributed by atoms with Crippen LogP contribution in [0.1, 0.15) is 57.7 Å². The van der Waals surface area contributed by atoms with Gasteiger partial charge in [0.1, 0.15) is 12.1 Å². The number of halogens is 3. The molecule has 0 spiro atoms. The van der Waals surface area contributed by atoms with Crippen molar-refractivity contribution in [1.82, 2.24) is 10.2 Å². The lowest BCUT2D eigenvalue weighted by Crippen LogP contribution is -2.42. The number of nitrogens with zero attached hydrogens (tertiary/aromatic N) is 1. The highest BCUT2D eigenvalue weighted by atomic mass is 19.4. The van der Waals surface area contributed by atoms with Gasteiger partial charge in [0.2, 0.25) is 5.91 Å². The molecular formula is C19H27F3N2O3. The molecular weight excluding hydrogens is 361 g/mol. The van der Waals surface area contributed by atoms with Gasteiger partial charge in [-0.25, -0.2) is 4.79 Å². The second kappa shape index (κ2) is 9.10. The summed E-state index contributed by atoms with van der Waals surface area (Å²) in [5, 5.41) is 2.71. The molecule has 1 rings (SSSR count). The first-order chi connectivity index (χ1) is 12.3. The Morgan fingerprint density at radius 1 is 1.22 bits per heavy atom. The van der Waals surface area contributed by atoms with Gasteiger partial charge in [0, 0.05) is 7.05 Å². The first-order valence-corrected chi connectivity index (χ1v) is 8.74. The molecule has 27 heavy (non-hydrogen) atoms. The van der Waals surface area contributed by atoms with Crippen LogP contribution in [-0.4, -0.2) is 36.1 Å². The van der Waals surface area contributed by atoms with E-state index in [1.807, 2.05) is 6.92 Å². The van der Waals surface area contributed by atoms with Crippen molar-refractivity contribution in [2.45, 2.75) is 58.4 Å². The highest BCUT2D eigenvalue weighted by Gasteiger charge is 2.31. The predicted molar refractivity (Wildman–Crippen MR) is 96.1 cm³/mol. The third kappa shape index (κ3) is 7.88. The monoisotopic (exact) mass is 388 g/mol. The molecule has 0 fully saturated rings. The Balaban J connectivity index is 2.82. The Hall–Kier alpha value is -2.25. The molecule has 1 unspecified atom stereocenters. The van der Waals surface area contributed by atoms with Crippen molar-refractivity contribution < 1.29 is 27.5 Å². The van der Waals surface area contributed by atoms with Crippen LogP contribution in [0.25, 0.3) is 0 Å². The number of carbonyl (C=O) groups excluding carboxylic acids is 2. The van der Waals surface area contributed by atoms with Crippen LogP contribution in [0.3, 0.4) is 0 Å². The molecule has 0 saturated heterocycles. The first-order valence-electron chi connectivity index (χ1n) is 8.74. The third-order valence-corrected chi connectivity index (χ3v) is 3.61. The summed E-state index contributed by atoms with van der Waals surface area (Å²) in [6, 6.07) is 4.33. The standard InChI is InChI=1S/C19H27F3N2O3/c1-6-8-15(13-9-7-10-14(11-13)19(20,21)22)23-16(25)12-24(5)17(26)27-18(2,3)4/h7,9-11,15H,6,8,12H2,1-5H3,(H,23,25). The van der Waals surface area contributed by atoms with Gasteiger partial charge in [0.05, 0.1) is 11.6 Å². The van der Waals surface area contributed by atoms with Crippen LogP contribution in [0, 0.1) is 0 Å². The fourth-order valence-electron chi connectivity index (χ4n) is 2.40. The molecule has 0 aliphatic carbocycles. The molecule has 1 aromatic rings. The number of ether oxygens (including phenoxy) is 1. The summed E-state index contributed by atoms with van der Waals surface area (Å²) in [6.45, 7) is 6.75. The number of rotatable bonds is 6. The molecule has 0 aliphatic heterocycles. The van der Waals surface area contributed by atoms with Gasteiger partial charge in [-0.05, 0) is 44.9 Å². The molecule has 5 nitrogen and oxygen atoms in total. The maximum atomic E-state index is 12.9. The molecule has 152 valence electrons. The highest BCUT2D eigenvalue weighted by molar-refractivity contribution is 5.82. The second-order valence-corrected chi connectivity index (χ2v) is 7.37. The van der Waals surface area contributed by atoms with Gasteiger partial charge in [-0.1, -0.05) is 25.5 Å². The molecule has 1 aromatic carbocycles. The zero-order valence-electron chi connectivity index (χ0n) is 16.3. The van der Waals surface area contributed by atoms with Crippen LogP contribution < -0.4 is 5.32 Å². The van der Waals surface area contributed by atoms with Gasteiger partial charge >= 0.3 is 12.3 Å². The van der Waals surface area contributed by atoms with E-state index in [0.29, 0.717) is 18.4 Å². The van der Waals surface area contributed by atoms with E-state index in [1.54, 1.807) is 26.8 Å². The van der Waals surface area contributed by atoms with E-state index in [1.165, 1.54) is 13.1 Å². The minimum atomic E-state index is -4.45. The molecule has 0 heterocycles. The van der Waals surface area contributed by atoms with Crippen LogP contribution >= 0.6 is 0 Å². The maximum absolute atomic E-state index is 12.9. The number of alkyl halides is 3.